The summed E-state index contributed by atoms with van der Waals surface area (Å²) in [6, 6.07) is 8.54. The minimum absolute atomic E-state index is 0.0375. The first-order chi connectivity index (χ1) is 17.6. The number of H-pyrrole nitrogens is 1. The highest BCUT2D eigenvalue weighted by Crippen LogP contribution is 2.39. The summed E-state index contributed by atoms with van der Waals surface area (Å²) in [5, 5.41) is 11.0. The maximum Gasteiger partial charge on any atom is 0.410 e. The van der Waals surface area contributed by atoms with Gasteiger partial charge in [0.2, 0.25) is 0 Å². The third-order valence-electron chi connectivity index (χ3n) is 6.77. The zero-order valence-electron chi connectivity index (χ0n) is 22.8. The molecule has 8 nitrogen and oxygen atoms in total. The molecule has 3 heterocycles. The number of hydrogen-bond acceptors (Lipinski definition) is 6. The molecular weight excluding hydrogens is 470 g/mol. The first-order valence-corrected chi connectivity index (χ1v) is 12.9. The van der Waals surface area contributed by atoms with Gasteiger partial charge in [-0.05, 0) is 89.1 Å². The number of aryl methyl sites for hydroxylation is 2. The molecule has 1 amide bonds. The van der Waals surface area contributed by atoms with E-state index in [1.807, 2.05) is 45.6 Å². The van der Waals surface area contributed by atoms with Gasteiger partial charge in [0.05, 0.1) is 11.4 Å². The maximum atomic E-state index is 12.5. The van der Waals surface area contributed by atoms with Gasteiger partial charge in [-0.1, -0.05) is 6.07 Å². The zero-order valence-corrected chi connectivity index (χ0v) is 22.8. The maximum absolute atomic E-state index is 12.5. The fraction of sp³-hybridized carbons (Fsp3) is 0.517. The second-order valence-corrected chi connectivity index (χ2v) is 10.8. The molecule has 1 saturated heterocycles. The molecular formula is C29H39N3O5. The van der Waals surface area contributed by atoms with Gasteiger partial charge in [-0.3, -0.25) is 4.98 Å². The summed E-state index contributed by atoms with van der Waals surface area (Å²) in [6.45, 7) is 11.1. The van der Waals surface area contributed by atoms with Crippen LogP contribution in [0.25, 0.3) is 22.2 Å². The molecule has 2 aromatic heterocycles. The number of rotatable bonds is 7. The van der Waals surface area contributed by atoms with Crippen molar-refractivity contribution in [2.24, 2.45) is 0 Å². The van der Waals surface area contributed by atoms with E-state index in [4.69, 9.17) is 14.2 Å². The number of fused-ring (bicyclic) bond motifs is 1. The Balaban J connectivity index is 1.65. The summed E-state index contributed by atoms with van der Waals surface area (Å²) in [4.78, 5) is 22.4. The number of nitrogens with one attached hydrogen (secondary N) is 1. The van der Waals surface area contributed by atoms with E-state index in [2.05, 4.69) is 28.2 Å². The van der Waals surface area contributed by atoms with Crippen molar-refractivity contribution >= 4 is 17.0 Å². The molecule has 1 aliphatic rings. The monoisotopic (exact) mass is 509 g/mol. The van der Waals surface area contributed by atoms with E-state index in [1.165, 1.54) is 5.56 Å². The number of aromatic amines is 1. The van der Waals surface area contributed by atoms with Crippen molar-refractivity contribution < 1.29 is 24.1 Å². The summed E-state index contributed by atoms with van der Waals surface area (Å²) in [7, 11) is 1.59. The third-order valence-corrected chi connectivity index (χ3v) is 6.77. The number of piperidine rings is 1. The molecule has 1 aliphatic heterocycles. The van der Waals surface area contributed by atoms with Crippen molar-refractivity contribution in [3.8, 4) is 17.0 Å². The Labute approximate surface area is 218 Å². The van der Waals surface area contributed by atoms with Gasteiger partial charge in [0, 0.05) is 49.0 Å². The lowest BCUT2D eigenvalue weighted by molar-refractivity contribution is 0.0205. The average Bonchev–Trinajstić information content (AvgIpc) is 3.20. The standard InChI is InChI=1S/C29H39N3O5/c1-18-15-24(27(19(2)30-18)36-17-35-6)26-22(11-14-33)23-16-21(7-8-25(23)31-26)20-9-12-32(13-10-20)28(34)37-29(3,4)5/h7-8,15-16,20,31,33H,9-14,17H2,1-6H3. The second-order valence-electron chi connectivity index (χ2n) is 10.8. The van der Waals surface area contributed by atoms with Gasteiger partial charge in [-0.15, -0.1) is 0 Å². The number of nitrogens with zero attached hydrogens (tertiary/aromatic N) is 2. The Morgan fingerprint density at radius 3 is 2.57 bits per heavy atom. The molecule has 0 radical (unpaired) electrons. The molecule has 0 bridgehead atoms. The number of aliphatic hydroxyl groups is 1. The minimum atomic E-state index is -0.492. The number of pyridine rings is 1. The molecule has 1 aromatic carbocycles. The van der Waals surface area contributed by atoms with Crippen LogP contribution in [0.15, 0.2) is 24.3 Å². The van der Waals surface area contributed by atoms with Crippen LogP contribution >= 0.6 is 0 Å². The summed E-state index contributed by atoms with van der Waals surface area (Å²) < 4.78 is 16.6. The summed E-state index contributed by atoms with van der Waals surface area (Å²) in [5.74, 6) is 1.03. The lowest BCUT2D eigenvalue weighted by Gasteiger charge is -2.33. The van der Waals surface area contributed by atoms with E-state index >= 15 is 0 Å². The van der Waals surface area contributed by atoms with Crippen molar-refractivity contribution in [2.45, 2.75) is 65.4 Å². The number of benzene rings is 1. The minimum Gasteiger partial charge on any atom is -0.465 e. The number of carbonyl (C=O) groups excluding carboxylic acids is 1. The highest BCUT2D eigenvalue weighted by atomic mass is 16.7. The van der Waals surface area contributed by atoms with Gasteiger partial charge in [-0.25, -0.2) is 4.79 Å². The zero-order chi connectivity index (χ0) is 26.7. The first-order valence-electron chi connectivity index (χ1n) is 12.9. The van der Waals surface area contributed by atoms with E-state index in [0.717, 1.165) is 52.0 Å². The van der Waals surface area contributed by atoms with E-state index in [0.29, 0.717) is 31.2 Å². The number of aromatic nitrogens is 2. The summed E-state index contributed by atoms with van der Waals surface area (Å²) in [5.41, 5.74) is 6.35. The molecule has 3 aromatic rings. The lowest BCUT2D eigenvalue weighted by Crippen LogP contribution is -2.41. The number of methoxy groups -OCH3 is 1. The normalized spacial score (nSPS) is 14.8. The van der Waals surface area contributed by atoms with Crippen molar-refractivity contribution in [3.63, 3.8) is 0 Å². The molecule has 0 aliphatic carbocycles. The second kappa shape index (κ2) is 11.1. The topological polar surface area (TPSA) is 96.9 Å². The highest BCUT2D eigenvalue weighted by molar-refractivity contribution is 5.92. The molecule has 4 rings (SSSR count). The van der Waals surface area contributed by atoms with Gasteiger partial charge in [0.1, 0.15) is 5.60 Å². The number of hydrogen-bond donors (Lipinski definition) is 2. The number of likely N-dealkylation sites (tertiary alicyclic amines) is 1. The van der Waals surface area contributed by atoms with Crippen LogP contribution in [0.4, 0.5) is 4.79 Å². The van der Waals surface area contributed by atoms with Gasteiger partial charge in [-0.2, -0.15) is 0 Å². The number of aliphatic hydroxyl groups excluding tert-OH is 1. The van der Waals surface area contributed by atoms with Crippen molar-refractivity contribution in [2.75, 3.05) is 33.6 Å². The van der Waals surface area contributed by atoms with Crippen molar-refractivity contribution in [3.05, 3.63) is 46.8 Å². The lowest BCUT2D eigenvalue weighted by atomic mass is 9.88. The van der Waals surface area contributed by atoms with Crippen LogP contribution in [0.2, 0.25) is 0 Å². The van der Waals surface area contributed by atoms with Crippen molar-refractivity contribution in [1.82, 2.24) is 14.9 Å². The number of ether oxygens (including phenoxy) is 3. The van der Waals surface area contributed by atoms with E-state index < -0.39 is 5.60 Å². The highest BCUT2D eigenvalue weighted by Gasteiger charge is 2.28. The quantitative estimate of drug-likeness (QED) is 0.410. The summed E-state index contributed by atoms with van der Waals surface area (Å²) >= 11 is 0. The van der Waals surface area contributed by atoms with Crippen LogP contribution < -0.4 is 4.74 Å². The van der Waals surface area contributed by atoms with E-state index in [1.54, 1.807) is 7.11 Å². The molecule has 1 fully saturated rings. The van der Waals surface area contributed by atoms with Crippen LogP contribution in [0.3, 0.4) is 0 Å². The van der Waals surface area contributed by atoms with Gasteiger partial charge in [0.25, 0.3) is 0 Å². The SMILES string of the molecule is COCOc1c(-c2[nH]c3ccc(C4CCN(C(=O)OC(C)(C)C)CC4)cc3c2CCO)cc(C)nc1C. The Kier molecular flexibility index (Phi) is 8.09. The van der Waals surface area contributed by atoms with Crippen LogP contribution in [-0.4, -0.2) is 65.3 Å². The molecule has 37 heavy (non-hydrogen) atoms. The van der Waals surface area contributed by atoms with Gasteiger partial charge in [0.15, 0.2) is 12.5 Å². The molecule has 0 unspecified atom stereocenters. The Morgan fingerprint density at radius 2 is 1.92 bits per heavy atom. The molecule has 0 saturated carbocycles. The third kappa shape index (κ3) is 6.08. The van der Waals surface area contributed by atoms with Crippen molar-refractivity contribution in [1.29, 1.82) is 0 Å². The number of amides is 1. The predicted octanol–water partition coefficient (Wildman–Crippen LogP) is 5.48. The Morgan fingerprint density at radius 1 is 1.19 bits per heavy atom. The van der Waals surface area contributed by atoms with Gasteiger partial charge < -0.3 is 29.2 Å². The van der Waals surface area contributed by atoms with Crippen LogP contribution in [0.5, 0.6) is 5.75 Å². The van der Waals surface area contributed by atoms with Gasteiger partial charge >= 0.3 is 6.09 Å². The Bertz CT molecular complexity index is 1250. The van der Waals surface area contributed by atoms with Crippen LogP contribution in [-0.2, 0) is 15.9 Å². The fourth-order valence-corrected chi connectivity index (χ4v) is 5.15. The smallest absolute Gasteiger partial charge is 0.410 e. The molecule has 2 N–H and O–H groups in total. The van der Waals surface area contributed by atoms with Crippen LogP contribution in [0.1, 0.15) is 62.0 Å². The predicted molar refractivity (Wildman–Crippen MR) is 144 cm³/mol. The summed E-state index contributed by atoms with van der Waals surface area (Å²) in [6.07, 6.45) is 2.04. The fourth-order valence-electron chi connectivity index (χ4n) is 5.15. The average molecular weight is 510 g/mol. The molecule has 0 atom stereocenters. The molecule has 0 spiro atoms. The van der Waals surface area contributed by atoms with E-state index in [-0.39, 0.29) is 19.5 Å². The largest absolute Gasteiger partial charge is 0.465 e. The van der Waals surface area contributed by atoms with E-state index in [9.17, 15) is 9.90 Å². The number of carbonyl (C=O) groups is 1. The Hall–Kier alpha value is -3.10. The molecule has 200 valence electrons. The molecule has 8 heteroatoms. The first kappa shape index (κ1) is 26.9. The van der Waals surface area contributed by atoms with Crippen LogP contribution in [0, 0.1) is 13.8 Å².